The Balaban J connectivity index is 1.96. The van der Waals surface area contributed by atoms with Gasteiger partial charge in [-0.25, -0.2) is 5.43 Å². The normalized spacial score (nSPS) is 15.8. The van der Waals surface area contributed by atoms with Crippen LogP contribution in [0.25, 0.3) is 0 Å². The van der Waals surface area contributed by atoms with Crippen LogP contribution in [-0.4, -0.2) is 42.4 Å². The molecule has 186 valence electrons. The molecule has 0 aromatic heterocycles. The number of anilines is 2. The van der Waals surface area contributed by atoms with Gasteiger partial charge in [0, 0.05) is 32.6 Å². The van der Waals surface area contributed by atoms with Gasteiger partial charge in [-0.1, -0.05) is 12.1 Å². The summed E-state index contributed by atoms with van der Waals surface area (Å²) in [7, 11) is 3.16. The SMILES string of the molecule is C/C(=N/NC(=O)CCC(=O)N(C)C)C1C(=O)N(c2cc(C)cc(C)c2)c2cc(C(F)(F)F)ccc21. The van der Waals surface area contributed by atoms with Crippen molar-refractivity contribution in [2.75, 3.05) is 19.0 Å². The monoisotopic (exact) mass is 488 g/mol. The van der Waals surface area contributed by atoms with Gasteiger partial charge in [0.2, 0.25) is 17.7 Å². The molecule has 1 N–H and O–H groups in total. The van der Waals surface area contributed by atoms with Crippen LogP contribution in [0.15, 0.2) is 41.5 Å². The quantitative estimate of drug-likeness (QED) is 0.482. The van der Waals surface area contributed by atoms with Gasteiger partial charge in [-0.15, -0.1) is 0 Å². The van der Waals surface area contributed by atoms with Crippen molar-refractivity contribution in [2.24, 2.45) is 5.10 Å². The average Bonchev–Trinajstić information content (AvgIpc) is 3.05. The molecule has 0 fully saturated rings. The third kappa shape index (κ3) is 5.70. The number of benzene rings is 2. The van der Waals surface area contributed by atoms with E-state index < -0.39 is 29.5 Å². The van der Waals surface area contributed by atoms with Crippen LogP contribution in [0.4, 0.5) is 24.5 Å². The second-order valence-corrected chi connectivity index (χ2v) is 8.80. The number of hydrogen-bond donors (Lipinski definition) is 1. The summed E-state index contributed by atoms with van der Waals surface area (Å²) in [5.41, 5.74) is 4.34. The van der Waals surface area contributed by atoms with E-state index in [4.69, 9.17) is 0 Å². The maximum Gasteiger partial charge on any atom is 0.416 e. The third-order valence-electron chi connectivity index (χ3n) is 5.68. The average molecular weight is 489 g/mol. The number of hydrazone groups is 1. The maximum atomic E-state index is 13.5. The molecule has 2 aromatic carbocycles. The van der Waals surface area contributed by atoms with E-state index in [1.165, 1.54) is 22.8 Å². The Morgan fingerprint density at radius 3 is 2.26 bits per heavy atom. The fourth-order valence-electron chi connectivity index (χ4n) is 4.00. The largest absolute Gasteiger partial charge is 0.416 e. The molecule has 7 nitrogen and oxygen atoms in total. The van der Waals surface area contributed by atoms with Crippen LogP contribution in [0.2, 0.25) is 0 Å². The van der Waals surface area contributed by atoms with Crippen LogP contribution >= 0.6 is 0 Å². The Kier molecular flexibility index (Phi) is 7.33. The molecule has 2 aromatic rings. The molecule has 0 bridgehead atoms. The number of hydrogen-bond acceptors (Lipinski definition) is 4. The van der Waals surface area contributed by atoms with E-state index in [9.17, 15) is 27.6 Å². The summed E-state index contributed by atoms with van der Waals surface area (Å²) in [5.74, 6) is -2.17. The standard InChI is InChI=1S/C25H27F3N4O3/c1-14-10-15(2)12-18(11-14)32-20-13-17(25(26,27)28)6-7-19(20)23(24(32)35)16(3)29-30-21(33)8-9-22(34)31(4)5/h6-7,10-13,23H,8-9H2,1-5H3,(H,30,33)/b29-16-. The second kappa shape index (κ2) is 9.89. The lowest BCUT2D eigenvalue weighted by Crippen LogP contribution is -2.29. The molecule has 0 saturated heterocycles. The molecular weight excluding hydrogens is 461 g/mol. The Morgan fingerprint density at radius 1 is 1.06 bits per heavy atom. The number of carbonyl (C=O) groups excluding carboxylic acids is 3. The van der Waals surface area contributed by atoms with Crippen molar-refractivity contribution < 1.29 is 27.6 Å². The van der Waals surface area contributed by atoms with Crippen molar-refractivity contribution in [2.45, 2.75) is 45.7 Å². The molecule has 1 aliphatic heterocycles. The molecule has 0 radical (unpaired) electrons. The van der Waals surface area contributed by atoms with Gasteiger partial charge in [0.1, 0.15) is 5.92 Å². The first-order valence-electron chi connectivity index (χ1n) is 11.0. The first-order valence-corrected chi connectivity index (χ1v) is 11.0. The van der Waals surface area contributed by atoms with E-state index in [1.807, 2.05) is 19.9 Å². The first kappa shape index (κ1) is 25.9. The van der Waals surface area contributed by atoms with Crippen molar-refractivity contribution in [1.82, 2.24) is 10.3 Å². The van der Waals surface area contributed by atoms with Crippen molar-refractivity contribution in [1.29, 1.82) is 0 Å². The van der Waals surface area contributed by atoms with Crippen LogP contribution in [0, 0.1) is 13.8 Å². The van der Waals surface area contributed by atoms with Gasteiger partial charge in [-0.2, -0.15) is 18.3 Å². The fraction of sp³-hybridized carbons (Fsp3) is 0.360. The number of fused-ring (bicyclic) bond motifs is 1. The zero-order valence-corrected chi connectivity index (χ0v) is 20.2. The summed E-state index contributed by atoms with van der Waals surface area (Å²) in [6, 6.07) is 8.53. The topological polar surface area (TPSA) is 82.1 Å². The Labute approximate surface area is 201 Å². The first-order chi connectivity index (χ1) is 16.3. The van der Waals surface area contributed by atoms with Gasteiger partial charge in [-0.3, -0.25) is 19.3 Å². The number of halogens is 3. The summed E-state index contributed by atoms with van der Waals surface area (Å²) in [5, 5.41) is 4.04. The van der Waals surface area contributed by atoms with E-state index in [1.54, 1.807) is 26.2 Å². The predicted octanol–water partition coefficient (Wildman–Crippen LogP) is 4.44. The molecule has 3 amide bonds. The highest BCUT2D eigenvalue weighted by Gasteiger charge is 2.42. The minimum atomic E-state index is -4.58. The number of alkyl halides is 3. The highest BCUT2D eigenvalue weighted by atomic mass is 19.4. The van der Waals surface area contributed by atoms with E-state index in [0.29, 0.717) is 11.3 Å². The zero-order chi connectivity index (χ0) is 26.1. The molecule has 10 heteroatoms. The molecule has 0 aliphatic carbocycles. The van der Waals surface area contributed by atoms with Gasteiger partial charge in [0.25, 0.3) is 0 Å². The second-order valence-electron chi connectivity index (χ2n) is 8.80. The summed E-state index contributed by atoms with van der Waals surface area (Å²) in [4.78, 5) is 40.0. The van der Waals surface area contributed by atoms with Crippen molar-refractivity contribution in [3.05, 3.63) is 58.7 Å². The maximum absolute atomic E-state index is 13.5. The summed E-state index contributed by atoms with van der Waals surface area (Å²) in [6.07, 6.45) is -4.67. The summed E-state index contributed by atoms with van der Waals surface area (Å²) in [6.45, 7) is 5.20. The minimum Gasteiger partial charge on any atom is -0.349 e. The number of rotatable bonds is 6. The number of nitrogens with one attached hydrogen (secondary N) is 1. The van der Waals surface area contributed by atoms with Gasteiger partial charge in [0.15, 0.2) is 0 Å². The lowest BCUT2D eigenvalue weighted by molar-refractivity contribution is -0.137. The minimum absolute atomic E-state index is 0.000695. The van der Waals surface area contributed by atoms with Crippen LogP contribution in [0.5, 0.6) is 0 Å². The molecule has 35 heavy (non-hydrogen) atoms. The fourth-order valence-corrected chi connectivity index (χ4v) is 4.00. The number of amides is 3. The molecule has 1 unspecified atom stereocenters. The number of carbonyl (C=O) groups is 3. The summed E-state index contributed by atoms with van der Waals surface area (Å²) < 4.78 is 40.4. The highest BCUT2D eigenvalue weighted by Crippen LogP contribution is 2.45. The van der Waals surface area contributed by atoms with Crippen LogP contribution in [0.3, 0.4) is 0 Å². The number of nitrogens with zero attached hydrogens (tertiary/aromatic N) is 3. The molecule has 1 heterocycles. The Bertz CT molecular complexity index is 1180. The van der Waals surface area contributed by atoms with Crippen molar-refractivity contribution >= 4 is 34.8 Å². The Morgan fingerprint density at radius 2 is 1.69 bits per heavy atom. The zero-order valence-electron chi connectivity index (χ0n) is 20.2. The molecule has 0 spiro atoms. The van der Waals surface area contributed by atoms with Gasteiger partial charge < -0.3 is 4.90 Å². The smallest absolute Gasteiger partial charge is 0.349 e. The van der Waals surface area contributed by atoms with E-state index in [-0.39, 0.29) is 30.1 Å². The summed E-state index contributed by atoms with van der Waals surface area (Å²) >= 11 is 0. The van der Waals surface area contributed by atoms with E-state index in [0.717, 1.165) is 23.3 Å². The van der Waals surface area contributed by atoms with E-state index in [2.05, 4.69) is 10.5 Å². The van der Waals surface area contributed by atoms with Crippen molar-refractivity contribution in [3.8, 4) is 0 Å². The van der Waals surface area contributed by atoms with Gasteiger partial charge in [-0.05, 0) is 61.7 Å². The van der Waals surface area contributed by atoms with Crippen molar-refractivity contribution in [3.63, 3.8) is 0 Å². The molecule has 1 atom stereocenters. The molecule has 1 aliphatic rings. The molecular formula is C25H27F3N4O3. The van der Waals surface area contributed by atoms with Gasteiger partial charge >= 0.3 is 6.18 Å². The highest BCUT2D eigenvalue weighted by molar-refractivity contribution is 6.22. The van der Waals surface area contributed by atoms with Crippen LogP contribution in [0.1, 0.15) is 47.9 Å². The van der Waals surface area contributed by atoms with Crippen LogP contribution < -0.4 is 10.3 Å². The third-order valence-corrected chi connectivity index (χ3v) is 5.68. The lowest BCUT2D eigenvalue weighted by Gasteiger charge is -2.20. The molecule has 0 saturated carbocycles. The Hall–Kier alpha value is -3.69. The van der Waals surface area contributed by atoms with Gasteiger partial charge in [0.05, 0.1) is 17.0 Å². The number of aryl methyl sites for hydroxylation is 2. The molecule has 3 rings (SSSR count). The van der Waals surface area contributed by atoms with E-state index >= 15 is 0 Å². The predicted molar refractivity (Wildman–Crippen MR) is 126 cm³/mol. The van der Waals surface area contributed by atoms with Crippen LogP contribution in [-0.2, 0) is 20.6 Å². The lowest BCUT2D eigenvalue weighted by atomic mass is 9.95.